The van der Waals surface area contributed by atoms with Gasteiger partial charge in [-0.05, 0) is 58.1 Å². The van der Waals surface area contributed by atoms with Crippen molar-refractivity contribution in [1.82, 2.24) is 14.3 Å². The van der Waals surface area contributed by atoms with E-state index < -0.39 is 12.4 Å². The van der Waals surface area contributed by atoms with Crippen LogP contribution in [-0.4, -0.2) is 32.5 Å². The van der Waals surface area contributed by atoms with Gasteiger partial charge < -0.3 is 9.47 Å². The number of carbonyl (C=O) groups is 2. The Labute approximate surface area is 170 Å². The lowest BCUT2D eigenvalue weighted by molar-refractivity contribution is -0.0262. The highest BCUT2D eigenvalue weighted by Crippen LogP contribution is 2.21. The minimum absolute atomic E-state index is 0.0856. The molecule has 1 aliphatic carbocycles. The number of benzene rings is 1. The van der Waals surface area contributed by atoms with E-state index in [1.807, 2.05) is 26.0 Å². The molecule has 1 unspecified atom stereocenters. The molecule has 0 radical (unpaired) electrons. The van der Waals surface area contributed by atoms with Gasteiger partial charge in [-0.2, -0.15) is 10.1 Å². The fourth-order valence-electron chi connectivity index (χ4n) is 3.54. The van der Waals surface area contributed by atoms with E-state index in [9.17, 15) is 9.59 Å². The summed E-state index contributed by atoms with van der Waals surface area (Å²) in [6, 6.07) is 5.58. The Kier molecular flexibility index (Phi) is 6.51. The summed E-state index contributed by atoms with van der Waals surface area (Å²) in [7, 11) is 1.68. The molecule has 1 heterocycles. The fraction of sp³-hybridized carbons (Fsp3) is 0.524. The van der Waals surface area contributed by atoms with Gasteiger partial charge in [0.05, 0.1) is 0 Å². The molecule has 1 aliphatic rings. The maximum absolute atomic E-state index is 12.7. The van der Waals surface area contributed by atoms with Crippen molar-refractivity contribution in [2.45, 2.75) is 65.2 Å². The number of nitrogens with zero attached hydrogens (tertiary/aromatic N) is 4. The zero-order chi connectivity index (χ0) is 21.0. The van der Waals surface area contributed by atoms with Gasteiger partial charge in [0, 0.05) is 12.6 Å². The summed E-state index contributed by atoms with van der Waals surface area (Å²) in [6.07, 6.45) is 5.00. The van der Waals surface area contributed by atoms with Crippen molar-refractivity contribution in [3.63, 3.8) is 0 Å². The lowest BCUT2D eigenvalue weighted by atomic mass is 9.98. The number of aryl methyl sites for hydroxylation is 3. The van der Waals surface area contributed by atoms with Crippen molar-refractivity contribution in [2.75, 3.05) is 0 Å². The summed E-state index contributed by atoms with van der Waals surface area (Å²) in [6.45, 7) is 5.53. The number of hydrogen-bond acceptors (Lipinski definition) is 5. The predicted molar refractivity (Wildman–Crippen MR) is 106 cm³/mol. The first-order valence-electron chi connectivity index (χ1n) is 9.99. The minimum atomic E-state index is -0.717. The molecule has 3 rings (SSSR count). The summed E-state index contributed by atoms with van der Waals surface area (Å²) < 4.78 is 13.8. The Morgan fingerprint density at radius 2 is 1.93 bits per heavy atom. The van der Waals surface area contributed by atoms with E-state index in [-0.39, 0.29) is 17.6 Å². The van der Waals surface area contributed by atoms with Crippen LogP contribution in [0.2, 0.25) is 0 Å². The third-order valence-corrected chi connectivity index (χ3v) is 5.16. The molecule has 0 saturated heterocycles. The average Bonchev–Trinajstić information content (AvgIpc) is 3.03. The minimum Gasteiger partial charge on any atom is -0.431 e. The Hall–Kier alpha value is -2.90. The molecule has 0 spiro atoms. The third-order valence-electron chi connectivity index (χ3n) is 5.16. The van der Waals surface area contributed by atoms with Gasteiger partial charge in [-0.1, -0.05) is 24.1 Å². The molecule has 29 heavy (non-hydrogen) atoms. The van der Waals surface area contributed by atoms with Gasteiger partial charge in [-0.15, -0.1) is 0 Å². The lowest BCUT2D eigenvalue weighted by Gasteiger charge is -2.22. The number of carbonyl (C=O) groups excluding carboxylic acids is 2. The highest BCUT2D eigenvalue weighted by molar-refractivity contribution is 5.96. The first-order chi connectivity index (χ1) is 13.8. The van der Waals surface area contributed by atoms with Gasteiger partial charge in [-0.3, -0.25) is 9.36 Å². The molecule has 2 aromatic rings. The third kappa shape index (κ3) is 5.13. The van der Waals surface area contributed by atoms with E-state index in [0.29, 0.717) is 5.56 Å². The van der Waals surface area contributed by atoms with Crippen LogP contribution >= 0.6 is 0 Å². The molecule has 0 aliphatic heterocycles. The van der Waals surface area contributed by atoms with Crippen LogP contribution in [0.25, 0.3) is 0 Å². The summed E-state index contributed by atoms with van der Waals surface area (Å²) in [4.78, 5) is 29.1. The second-order valence-corrected chi connectivity index (χ2v) is 7.54. The number of rotatable bonds is 4. The molecule has 8 heteroatoms. The summed E-state index contributed by atoms with van der Waals surface area (Å²) in [5.74, 6) is -0.378. The Morgan fingerprint density at radius 3 is 2.62 bits per heavy atom. The number of aromatic nitrogens is 3. The highest BCUT2D eigenvalue weighted by atomic mass is 16.7. The molecule has 1 fully saturated rings. The van der Waals surface area contributed by atoms with E-state index in [2.05, 4.69) is 10.1 Å². The molecule has 1 aromatic heterocycles. The van der Waals surface area contributed by atoms with Crippen LogP contribution in [0.15, 0.2) is 29.5 Å². The largest absolute Gasteiger partial charge is 0.510 e. The molecule has 1 atom stereocenters. The van der Waals surface area contributed by atoms with Crippen molar-refractivity contribution in [3.05, 3.63) is 46.8 Å². The van der Waals surface area contributed by atoms with Crippen molar-refractivity contribution < 1.29 is 19.1 Å². The van der Waals surface area contributed by atoms with Crippen LogP contribution in [0.3, 0.4) is 0 Å². The molecular weight excluding hydrogens is 372 g/mol. The van der Waals surface area contributed by atoms with Gasteiger partial charge in [0.2, 0.25) is 5.62 Å². The highest BCUT2D eigenvalue weighted by Gasteiger charge is 2.21. The zero-order valence-electron chi connectivity index (χ0n) is 17.4. The Balaban J connectivity index is 1.76. The maximum Gasteiger partial charge on any atom is 0.510 e. The van der Waals surface area contributed by atoms with Crippen LogP contribution < -0.4 is 5.62 Å². The fourth-order valence-corrected chi connectivity index (χ4v) is 3.54. The smallest absolute Gasteiger partial charge is 0.431 e. The van der Waals surface area contributed by atoms with E-state index in [1.54, 1.807) is 20.0 Å². The van der Waals surface area contributed by atoms with E-state index in [4.69, 9.17) is 9.47 Å². The first-order valence-corrected chi connectivity index (χ1v) is 9.99. The molecule has 156 valence electrons. The zero-order valence-corrected chi connectivity index (χ0v) is 17.4. The van der Waals surface area contributed by atoms with Crippen molar-refractivity contribution in [3.8, 4) is 0 Å². The van der Waals surface area contributed by atoms with Gasteiger partial charge in [0.25, 0.3) is 5.91 Å². The molecule has 1 saturated carbocycles. The molecule has 1 aromatic carbocycles. The maximum atomic E-state index is 12.7. The average molecular weight is 400 g/mol. The summed E-state index contributed by atoms with van der Waals surface area (Å²) >= 11 is 0. The molecule has 8 nitrogen and oxygen atoms in total. The van der Waals surface area contributed by atoms with Crippen LogP contribution in [0.4, 0.5) is 4.79 Å². The predicted octanol–water partition coefficient (Wildman–Crippen LogP) is 3.58. The second kappa shape index (κ2) is 9.07. The molecule has 1 amide bonds. The van der Waals surface area contributed by atoms with Crippen LogP contribution in [-0.2, 0) is 16.5 Å². The van der Waals surface area contributed by atoms with Gasteiger partial charge >= 0.3 is 6.16 Å². The monoisotopic (exact) mass is 400 g/mol. The number of ether oxygens (including phenoxy) is 2. The van der Waals surface area contributed by atoms with Crippen molar-refractivity contribution in [2.24, 2.45) is 12.0 Å². The molecule has 0 bridgehead atoms. The van der Waals surface area contributed by atoms with Gasteiger partial charge in [-0.25, -0.2) is 9.48 Å². The van der Waals surface area contributed by atoms with E-state index >= 15 is 0 Å². The summed E-state index contributed by atoms with van der Waals surface area (Å²) in [5, 5.41) is 4.15. The molecular formula is C21H28N4O4. The normalized spacial score (nSPS) is 16.5. The van der Waals surface area contributed by atoms with Crippen molar-refractivity contribution >= 4 is 12.1 Å². The molecule has 0 N–H and O–H groups in total. The summed E-state index contributed by atoms with van der Waals surface area (Å²) in [5.41, 5.74) is 2.74. The van der Waals surface area contributed by atoms with Crippen LogP contribution in [0, 0.1) is 13.8 Å². The van der Waals surface area contributed by atoms with E-state index in [0.717, 1.165) is 36.8 Å². The van der Waals surface area contributed by atoms with Gasteiger partial charge in [0.1, 0.15) is 12.4 Å². The standard InChI is InChI=1S/C21H28N4O4/c1-14-10-11-18(15(2)12-14)19(26)23-20-24(4)22-13-25(20)16(3)28-21(27)29-17-8-6-5-7-9-17/h10-13,16-17H,5-9H2,1-4H3. The van der Waals surface area contributed by atoms with Crippen LogP contribution in [0.1, 0.15) is 66.7 Å². The quantitative estimate of drug-likeness (QED) is 0.732. The van der Waals surface area contributed by atoms with Crippen LogP contribution in [0.5, 0.6) is 0 Å². The first kappa shape index (κ1) is 20.8. The number of hydrogen-bond donors (Lipinski definition) is 0. The van der Waals surface area contributed by atoms with E-state index in [1.165, 1.54) is 22.0 Å². The lowest BCUT2D eigenvalue weighted by Crippen LogP contribution is -2.31. The van der Waals surface area contributed by atoms with Crippen molar-refractivity contribution in [1.29, 1.82) is 0 Å². The Bertz CT molecular complexity index is 954. The Morgan fingerprint density at radius 1 is 1.21 bits per heavy atom. The SMILES string of the molecule is Cc1ccc(C(=O)N=c2n(C(C)OC(=O)OC3CCCCC3)cnn2C)c(C)c1. The number of amides is 1. The topological polar surface area (TPSA) is 87.7 Å². The second-order valence-electron chi connectivity index (χ2n) is 7.54. The van der Waals surface area contributed by atoms with Gasteiger partial charge in [0.15, 0.2) is 6.23 Å².